The van der Waals surface area contributed by atoms with Gasteiger partial charge in [0.25, 0.3) is 0 Å². The van der Waals surface area contributed by atoms with Gasteiger partial charge >= 0.3 is 12.1 Å². The molecule has 0 aromatic heterocycles. The summed E-state index contributed by atoms with van der Waals surface area (Å²) in [7, 11) is 0. The molecule has 2 aromatic carbocycles. The molecule has 0 spiro atoms. The molecule has 3 aliphatic rings. The van der Waals surface area contributed by atoms with Gasteiger partial charge in [-0.2, -0.15) is 9.59 Å². The van der Waals surface area contributed by atoms with Crippen LogP contribution in [0.1, 0.15) is 53.4 Å². The molecule has 346 valence electrons. The molecule has 1 amide bonds. The van der Waals surface area contributed by atoms with Crippen LogP contribution >= 0.6 is 12.2 Å². The summed E-state index contributed by atoms with van der Waals surface area (Å²) >= 11 is 5.46. The van der Waals surface area contributed by atoms with Crippen molar-refractivity contribution in [2.24, 2.45) is 5.92 Å². The van der Waals surface area contributed by atoms with Crippen LogP contribution < -0.4 is 21.4 Å². The number of fused-ring (bicyclic) bond motifs is 2. The van der Waals surface area contributed by atoms with Crippen molar-refractivity contribution in [2.75, 3.05) is 71.3 Å². The van der Waals surface area contributed by atoms with Crippen LogP contribution in [0.5, 0.6) is 5.75 Å². The van der Waals surface area contributed by atoms with E-state index >= 15 is 0 Å². The third kappa shape index (κ3) is 16.2. The topological polar surface area (TPSA) is 210 Å². The van der Waals surface area contributed by atoms with Crippen LogP contribution in [-0.4, -0.2) is 113 Å². The molecule has 0 saturated carbocycles. The van der Waals surface area contributed by atoms with E-state index < -0.39 is 0 Å². The van der Waals surface area contributed by atoms with Gasteiger partial charge in [-0.05, 0) is 86.4 Å². The second-order valence-corrected chi connectivity index (χ2v) is 15.2. The number of hydrogen-bond donors (Lipinski definition) is 4. The molecule has 2 aromatic rings. The second kappa shape index (κ2) is 27.6. The molecular weight excluding hydrogens is 847 g/mol. The summed E-state index contributed by atoms with van der Waals surface area (Å²) in [4.78, 5) is 53.6. The molecule has 64 heavy (non-hydrogen) atoms. The van der Waals surface area contributed by atoms with Crippen LogP contribution in [0.25, 0.3) is 33.4 Å². The zero-order chi connectivity index (χ0) is 46.3. The summed E-state index contributed by atoms with van der Waals surface area (Å²) < 4.78 is 39.9. The Kier molecular flexibility index (Phi) is 22.1. The molecular formula is C47H59N3O13S. The highest BCUT2D eigenvalue weighted by molar-refractivity contribution is 7.80. The maximum absolute atomic E-state index is 12.8. The van der Waals surface area contributed by atoms with E-state index in [2.05, 4.69) is 29.8 Å². The largest absolute Gasteiger partial charge is 0.508 e. The predicted molar refractivity (Wildman–Crippen MR) is 243 cm³/mol. The Morgan fingerprint density at radius 2 is 1.52 bits per heavy atom. The highest BCUT2D eigenvalue weighted by atomic mass is 32.1. The quantitative estimate of drug-likeness (QED) is 0.0274. The van der Waals surface area contributed by atoms with Gasteiger partial charge in [0.2, 0.25) is 5.91 Å². The van der Waals surface area contributed by atoms with Crippen molar-refractivity contribution >= 4 is 52.0 Å². The van der Waals surface area contributed by atoms with Gasteiger partial charge < -0.3 is 53.9 Å². The van der Waals surface area contributed by atoms with Crippen molar-refractivity contribution in [2.45, 2.75) is 71.6 Å². The van der Waals surface area contributed by atoms with Crippen molar-refractivity contribution in [3.8, 4) is 28.2 Å². The van der Waals surface area contributed by atoms with Gasteiger partial charge in [-0.15, -0.1) is 0 Å². The molecule has 4 N–H and O–H groups in total. The Morgan fingerprint density at radius 1 is 0.875 bits per heavy atom. The lowest BCUT2D eigenvalue weighted by Crippen LogP contribution is -2.48. The lowest BCUT2D eigenvalue weighted by molar-refractivity contribution is -0.191. The minimum absolute atomic E-state index is 0.00735. The van der Waals surface area contributed by atoms with Gasteiger partial charge in [0.1, 0.15) is 17.1 Å². The zero-order valence-corrected chi connectivity index (χ0v) is 37.6. The molecule has 16 nitrogen and oxygen atoms in total. The molecule has 0 unspecified atom stereocenters. The standard InChI is InChI=1S/C46H59N3O11S.CO2/c1-5-36(6-2)59-40-27-32(45(53)58-7-3)26-39(30(40)4)49-43(52)16-18-54-20-22-56-24-25-57-23-21-55-19-17-47-46(61)48-33-10-8-31(9-11-33)44-37-14-12-34(50)28-41(37)60-42-29-35(51)13-15-38(42)44;2-1-3/h8-15,27-30,36,39-40,50H,5-7,16-26H2,1-4H3,(H,49,52)(H2,47,48,61);/t30-,39+,40-;/m1./s1. The van der Waals surface area contributed by atoms with E-state index in [1.165, 1.54) is 12.1 Å². The fraction of sp³-hybridized carbons (Fsp3) is 0.468. The van der Waals surface area contributed by atoms with E-state index in [0.29, 0.717) is 81.2 Å². The van der Waals surface area contributed by atoms with Gasteiger partial charge in [0.15, 0.2) is 10.5 Å². The van der Waals surface area contributed by atoms with Crippen molar-refractivity contribution in [1.29, 1.82) is 0 Å². The van der Waals surface area contributed by atoms with E-state index in [4.69, 9.17) is 54.6 Å². The second-order valence-electron chi connectivity index (χ2n) is 14.7. The number of ether oxygens (including phenoxy) is 6. The van der Waals surface area contributed by atoms with Crippen LogP contribution in [-0.2, 0) is 47.6 Å². The molecule has 1 heterocycles. The molecule has 0 radical (unpaired) electrons. The van der Waals surface area contributed by atoms with Crippen LogP contribution in [0.3, 0.4) is 0 Å². The first-order chi connectivity index (χ1) is 31.0. The molecule has 5 rings (SSSR count). The number of rotatable bonds is 24. The van der Waals surface area contributed by atoms with E-state index in [0.717, 1.165) is 40.6 Å². The number of amides is 1. The fourth-order valence-corrected chi connectivity index (χ4v) is 7.22. The molecule has 0 fully saturated rings. The maximum atomic E-state index is 12.8. The number of carbonyl (C=O) groups excluding carboxylic acids is 4. The minimum Gasteiger partial charge on any atom is -0.508 e. The van der Waals surface area contributed by atoms with Gasteiger partial charge in [-0.1, -0.05) is 32.9 Å². The molecule has 0 saturated heterocycles. The molecule has 0 bridgehead atoms. The smallest absolute Gasteiger partial charge is 0.373 e. The fourth-order valence-electron chi connectivity index (χ4n) is 7.00. The average molecular weight is 906 g/mol. The molecule has 1 aliphatic heterocycles. The van der Waals surface area contributed by atoms with E-state index in [1.807, 2.05) is 37.3 Å². The number of hydrogen-bond acceptors (Lipinski definition) is 14. The average Bonchev–Trinajstić information content (AvgIpc) is 3.27. The normalized spacial score (nSPS) is 15.8. The van der Waals surface area contributed by atoms with Gasteiger partial charge in [0, 0.05) is 64.8 Å². The Morgan fingerprint density at radius 3 is 2.16 bits per heavy atom. The predicted octanol–water partition coefficient (Wildman–Crippen LogP) is 6.02. The Hall–Kier alpha value is -5.52. The van der Waals surface area contributed by atoms with Crippen molar-refractivity contribution < 1.29 is 57.1 Å². The van der Waals surface area contributed by atoms with Gasteiger partial charge in [-0.25, -0.2) is 4.79 Å². The number of anilines is 1. The molecule has 17 heteroatoms. The number of phenols is 1. The first-order valence-electron chi connectivity index (χ1n) is 21.5. The number of aromatic hydroxyl groups is 1. The van der Waals surface area contributed by atoms with E-state index in [-0.39, 0.29) is 73.0 Å². The summed E-state index contributed by atoms with van der Waals surface area (Å²) in [6.07, 6.45) is 4.22. The summed E-state index contributed by atoms with van der Waals surface area (Å²) in [5.41, 5.74) is 4.26. The summed E-state index contributed by atoms with van der Waals surface area (Å²) in [6.45, 7) is 11.8. The van der Waals surface area contributed by atoms with Crippen molar-refractivity contribution in [1.82, 2.24) is 10.6 Å². The van der Waals surface area contributed by atoms with Crippen LogP contribution in [0.15, 0.2) is 81.5 Å². The third-order valence-electron chi connectivity index (χ3n) is 10.3. The lowest BCUT2D eigenvalue weighted by atomic mass is 9.83. The monoisotopic (exact) mass is 905 g/mol. The van der Waals surface area contributed by atoms with Gasteiger partial charge in [-0.3, -0.25) is 9.59 Å². The minimum atomic E-state index is -0.368. The maximum Gasteiger partial charge on any atom is 0.373 e. The summed E-state index contributed by atoms with van der Waals surface area (Å²) in [5, 5.41) is 20.7. The number of esters is 1. The van der Waals surface area contributed by atoms with Crippen LogP contribution in [0.4, 0.5) is 5.69 Å². The lowest BCUT2D eigenvalue weighted by Gasteiger charge is -2.36. The number of nitrogens with one attached hydrogen (secondary N) is 3. The number of thiocarbonyl (C=S) groups is 1. The SMILES string of the molecule is CCOC(=O)C1=C[C@@H](OC(CC)CC)[C@H](C)[C@@H](NC(=O)CCOCCOCCOCCOCCNC(=S)Nc2ccc(-c3c4ccc(=O)cc-4oc4cc(O)ccc34)cc2)C1.O=C=O. The van der Waals surface area contributed by atoms with Crippen LogP contribution in [0.2, 0.25) is 0 Å². The Balaban J connectivity index is 0.00000291. The van der Waals surface area contributed by atoms with E-state index in [1.54, 1.807) is 31.2 Å². The Bertz CT molecular complexity index is 2180. The molecule has 3 atom stereocenters. The summed E-state index contributed by atoms with van der Waals surface area (Å²) in [5.74, 6) is 0.00117. The number of phenolic OH excluding ortho intramolecular Hbond substituents is 1. The Labute approximate surface area is 378 Å². The van der Waals surface area contributed by atoms with Crippen LogP contribution in [0, 0.1) is 5.92 Å². The van der Waals surface area contributed by atoms with Gasteiger partial charge in [0.05, 0.1) is 71.7 Å². The van der Waals surface area contributed by atoms with E-state index in [9.17, 15) is 19.5 Å². The molecule has 2 aliphatic carbocycles. The summed E-state index contributed by atoms with van der Waals surface area (Å²) in [6, 6.07) is 17.2. The highest BCUT2D eigenvalue weighted by Gasteiger charge is 2.35. The first-order valence-corrected chi connectivity index (χ1v) is 21.9. The van der Waals surface area contributed by atoms with Crippen molar-refractivity contribution in [3.63, 3.8) is 0 Å². The number of carbonyl (C=O) groups is 2. The zero-order valence-electron chi connectivity index (χ0n) is 36.8. The van der Waals surface area contributed by atoms with Crippen molar-refractivity contribution in [3.05, 3.63) is 82.5 Å². The number of benzene rings is 3. The third-order valence-corrected chi connectivity index (χ3v) is 10.6. The first kappa shape index (κ1) is 51.1. The highest BCUT2D eigenvalue weighted by Crippen LogP contribution is 2.41.